The lowest BCUT2D eigenvalue weighted by atomic mass is 10.2. The van der Waals surface area contributed by atoms with Gasteiger partial charge in [0.05, 0.1) is 6.54 Å². The van der Waals surface area contributed by atoms with Gasteiger partial charge in [-0.3, -0.25) is 4.79 Å². The second-order valence-electron chi connectivity index (χ2n) is 4.07. The molecule has 19 heavy (non-hydrogen) atoms. The molecule has 1 rings (SSSR count). The summed E-state index contributed by atoms with van der Waals surface area (Å²) in [6.07, 6.45) is 2.70. The third-order valence-corrected chi connectivity index (χ3v) is 3.23. The summed E-state index contributed by atoms with van der Waals surface area (Å²) in [7, 11) is 0. The van der Waals surface area contributed by atoms with Crippen LogP contribution in [0.25, 0.3) is 0 Å². The molecule has 0 saturated carbocycles. The third kappa shape index (κ3) is 4.22. The highest BCUT2D eigenvalue weighted by Crippen LogP contribution is 2.19. The van der Waals surface area contributed by atoms with Gasteiger partial charge in [-0.15, -0.1) is 12.6 Å². The molecule has 0 bridgehead atoms. The molecule has 1 amide bonds. The fourth-order valence-corrected chi connectivity index (χ4v) is 1.73. The summed E-state index contributed by atoms with van der Waals surface area (Å²) in [5, 5.41) is 8.87. The Morgan fingerprint density at radius 2 is 2.32 bits per heavy atom. The summed E-state index contributed by atoms with van der Waals surface area (Å²) >= 11 is 4.26. The Hall–Kier alpha value is -1.60. The SMILES string of the molecule is C/C(=C(\S)CCO)N(C=O)Cc1cnc(C)nc1N. The lowest BCUT2D eigenvalue weighted by molar-refractivity contribution is -0.116. The van der Waals surface area contributed by atoms with E-state index in [9.17, 15) is 4.79 Å². The van der Waals surface area contributed by atoms with Gasteiger partial charge < -0.3 is 15.7 Å². The molecule has 1 heterocycles. The number of hydrogen-bond acceptors (Lipinski definition) is 6. The van der Waals surface area contributed by atoms with Gasteiger partial charge in [0.2, 0.25) is 6.41 Å². The summed E-state index contributed by atoms with van der Waals surface area (Å²) < 4.78 is 0. The first-order valence-electron chi connectivity index (χ1n) is 5.79. The van der Waals surface area contributed by atoms with Crippen LogP contribution in [0.4, 0.5) is 5.82 Å². The van der Waals surface area contributed by atoms with Crippen LogP contribution in [0.1, 0.15) is 24.7 Å². The number of aliphatic hydroxyl groups excluding tert-OH is 1. The Bertz CT molecular complexity index is 491. The van der Waals surface area contributed by atoms with E-state index in [2.05, 4.69) is 22.6 Å². The summed E-state index contributed by atoms with van der Waals surface area (Å²) in [6, 6.07) is 0. The topological polar surface area (TPSA) is 92.3 Å². The molecule has 3 N–H and O–H groups in total. The number of amides is 1. The number of nitrogens with two attached hydrogens (primary N) is 1. The smallest absolute Gasteiger partial charge is 0.214 e. The van der Waals surface area contributed by atoms with Gasteiger partial charge in [-0.25, -0.2) is 9.97 Å². The lowest BCUT2D eigenvalue weighted by Gasteiger charge is -2.20. The Kier molecular flexibility index (Phi) is 5.78. The molecule has 0 aliphatic heterocycles. The van der Waals surface area contributed by atoms with E-state index in [1.165, 1.54) is 4.90 Å². The molecule has 0 aliphatic rings. The predicted molar refractivity (Wildman–Crippen MR) is 76.2 cm³/mol. The molecule has 0 aromatic carbocycles. The van der Waals surface area contributed by atoms with Gasteiger partial charge in [0, 0.05) is 35.4 Å². The molecule has 0 fully saturated rings. The van der Waals surface area contributed by atoms with Gasteiger partial charge in [0.1, 0.15) is 11.6 Å². The van der Waals surface area contributed by atoms with Crippen molar-refractivity contribution in [2.75, 3.05) is 12.3 Å². The van der Waals surface area contributed by atoms with Crippen molar-refractivity contribution in [2.24, 2.45) is 0 Å². The zero-order valence-corrected chi connectivity index (χ0v) is 11.9. The van der Waals surface area contributed by atoms with Crippen molar-refractivity contribution in [3.63, 3.8) is 0 Å². The molecule has 0 spiro atoms. The first-order chi connectivity index (χ1) is 8.99. The van der Waals surface area contributed by atoms with Crippen LogP contribution in [0.15, 0.2) is 16.8 Å². The highest BCUT2D eigenvalue weighted by atomic mass is 32.1. The Morgan fingerprint density at radius 3 is 2.84 bits per heavy atom. The number of carbonyl (C=O) groups excluding carboxylic acids is 1. The number of anilines is 1. The monoisotopic (exact) mass is 282 g/mol. The number of rotatable bonds is 6. The summed E-state index contributed by atoms with van der Waals surface area (Å²) in [6.45, 7) is 3.77. The Labute approximate surface area is 117 Å². The average Bonchev–Trinajstić information content (AvgIpc) is 2.37. The van der Waals surface area contributed by atoms with E-state index in [1.54, 1.807) is 20.0 Å². The van der Waals surface area contributed by atoms with Crippen LogP contribution in [-0.4, -0.2) is 33.0 Å². The zero-order valence-electron chi connectivity index (χ0n) is 11.0. The van der Waals surface area contributed by atoms with E-state index in [0.29, 0.717) is 40.6 Å². The number of hydrogen-bond donors (Lipinski definition) is 3. The molecule has 0 radical (unpaired) electrons. The van der Waals surface area contributed by atoms with Crippen LogP contribution in [0.3, 0.4) is 0 Å². The maximum absolute atomic E-state index is 11.2. The van der Waals surface area contributed by atoms with E-state index >= 15 is 0 Å². The van der Waals surface area contributed by atoms with Crippen molar-refractivity contribution < 1.29 is 9.90 Å². The minimum Gasteiger partial charge on any atom is -0.396 e. The summed E-state index contributed by atoms with van der Waals surface area (Å²) in [5.74, 6) is 0.941. The normalized spacial score (nSPS) is 12.0. The molecule has 0 aliphatic carbocycles. The highest BCUT2D eigenvalue weighted by Gasteiger charge is 2.11. The largest absolute Gasteiger partial charge is 0.396 e. The maximum atomic E-state index is 11.2. The van der Waals surface area contributed by atoms with Crippen LogP contribution < -0.4 is 5.73 Å². The number of allylic oxidation sites excluding steroid dienone is 1. The molecular formula is C12H18N4O2S. The molecule has 0 unspecified atom stereocenters. The quantitative estimate of drug-likeness (QED) is 0.532. The van der Waals surface area contributed by atoms with Gasteiger partial charge in [-0.2, -0.15) is 0 Å². The molecule has 104 valence electrons. The molecule has 7 heteroatoms. The Morgan fingerprint density at radius 1 is 1.63 bits per heavy atom. The summed E-state index contributed by atoms with van der Waals surface area (Å²) in [5.41, 5.74) is 7.13. The minimum atomic E-state index is -0.0152. The van der Waals surface area contributed by atoms with E-state index < -0.39 is 0 Å². The van der Waals surface area contributed by atoms with Gasteiger partial charge >= 0.3 is 0 Å². The number of nitrogens with zero attached hydrogens (tertiary/aromatic N) is 3. The average molecular weight is 282 g/mol. The molecule has 6 nitrogen and oxygen atoms in total. The number of thiol groups is 1. The molecule has 1 aromatic rings. The molecular weight excluding hydrogens is 264 g/mol. The van der Waals surface area contributed by atoms with E-state index in [1.807, 2.05) is 0 Å². The minimum absolute atomic E-state index is 0.0152. The third-order valence-electron chi connectivity index (χ3n) is 2.68. The van der Waals surface area contributed by atoms with Crippen LogP contribution in [0, 0.1) is 6.92 Å². The first kappa shape index (κ1) is 15.5. The van der Waals surface area contributed by atoms with Crippen LogP contribution >= 0.6 is 12.6 Å². The number of aryl methyl sites for hydroxylation is 1. The number of aliphatic hydroxyl groups is 1. The molecule has 1 aromatic heterocycles. The van der Waals surface area contributed by atoms with Crippen LogP contribution in [0.5, 0.6) is 0 Å². The van der Waals surface area contributed by atoms with Crippen molar-refractivity contribution >= 4 is 24.9 Å². The van der Waals surface area contributed by atoms with E-state index in [0.717, 1.165) is 0 Å². The van der Waals surface area contributed by atoms with Gasteiger partial charge in [0.15, 0.2) is 0 Å². The molecule has 0 saturated heterocycles. The zero-order chi connectivity index (χ0) is 14.4. The summed E-state index contributed by atoms with van der Waals surface area (Å²) in [4.78, 5) is 21.4. The van der Waals surface area contributed by atoms with Crippen molar-refractivity contribution in [2.45, 2.75) is 26.8 Å². The van der Waals surface area contributed by atoms with Crippen molar-refractivity contribution in [3.05, 3.63) is 28.2 Å². The fourth-order valence-electron chi connectivity index (χ4n) is 1.51. The second kappa shape index (κ2) is 7.10. The second-order valence-corrected chi connectivity index (χ2v) is 4.61. The lowest BCUT2D eigenvalue weighted by Crippen LogP contribution is -2.21. The number of aromatic nitrogens is 2. The highest BCUT2D eigenvalue weighted by molar-refractivity contribution is 7.84. The van der Waals surface area contributed by atoms with Crippen LogP contribution in [-0.2, 0) is 11.3 Å². The van der Waals surface area contributed by atoms with E-state index in [-0.39, 0.29) is 13.2 Å². The maximum Gasteiger partial charge on any atom is 0.214 e. The van der Waals surface area contributed by atoms with Crippen molar-refractivity contribution in [1.29, 1.82) is 0 Å². The number of carbonyl (C=O) groups is 1. The van der Waals surface area contributed by atoms with Crippen molar-refractivity contribution in [3.8, 4) is 0 Å². The standard InChI is InChI=1S/C12H18N4O2S/c1-8(11(19)3-4-17)16(7-18)6-10-5-14-9(2)15-12(10)13/h5,7,17,19H,3-4,6H2,1-2H3,(H2,13,14,15)/b11-8+. The van der Waals surface area contributed by atoms with E-state index in [4.69, 9.17) is 10.8 Å². The Balaban J connectivity index is 2.93. The first-order valence-corrected chi connectivity index (χ1v) is 6.23. The molecule has 0 atom stereocenters. The van der Waals surface area contributed by atoms with Gasteiger partial charge in [0.25, 0.3) is 0 Å². The van der Waals surface area contributed by atoms with Gasteiger partial charge in [-0.1, -0.05) is 0 Å². The van der Waals surface area contributed by atoms with Crippen molar-refractivity contribution in [1.82, 2.24) is 14.9 Å². The fraction of sp³-hybridized carbons (Fsp3) is 0.417. The predicted octanol–water partition coefficient (Wildman–Crippen LogP) is 0.869. The van der Waals surface area contributed by atoms with Crippen LogP contribution in [0.2, 0.25) is 0 Å². The van der Waals surface area contributed by atoms with Gasteiger partial charge in [-0.05, 0) is 13.8 Å². The number of nitrogen functional groups attached to an aromatic ring is 1.